The summed E-state index contributed by atoms with van der Waals surface area (Å²) in [5.74, 6) is 0.296. The van der Waals surface area contributed by atoms with Gasteiger partial charge in [0, 0.05) is 0 Å². The van der Waals surface area contributed by atoms with Crippen molar-refractivity contribution >= 4 is 23.7 Å². The third kappa shape index (κ3) is 3.72. The van der Waals surface area contributed by atoms with Crippen molar-refractivity contribution in [3.8, 4) is 5.75 Å². The molecule has 1 unspecified atom stereocenters. The van der Waals surface area contributed by atoms with Gasteiger partial charge in [-0.05, 0) is 30.9 Å². The summed E-state index contributed by atoms with van der Waals surface area (Å²) in [4.78, 5) is 12.2. The van der Waals surface area contributed by atoms with Crippen molar-refractivity contribution in [3.63, 3.8) is 0 Å². The van der Waals surface area contributed by atoms with E-state index in [1.165, 1.54) is 24.9 Å². The monoisotopic (exact) mass is 309 g/mol. The first-order valence-corrected chi connectivity index (χ1v) is 7.41. The van der Waals surface area contributed by atoms with E-state index < -0.39 is 5.82 Å². The highest BCUT2D eigenvalue weighted by molar-refractivity contribution is 7.98. The van der Waals surface area contributed by atoms with Crippen molar-refractivity contribution in [2.24, 2.45) is 0 Å². The van der Waals surface area contributed by atoms with E-state index in [-0.39, 0.29) is 17.7 Å². The predicted octanol–water partition coefficient (Wildman–Crippen LogP) is 2.50. The Bertz CT molecular complexity index is 640. The van der Waals surface area contributed by atoms with Gasteiger partial charge in [-0.3, -0.25) is 0 Å². The first kappa shape index (κ1) is 15.3. The van der Waals surface area contributed by atoms with Crippen molar-refractivity contribution in [1.82, 2.24) is 15.0 Å². The van der Waals surface area contributed by atoms with Crippen molar-refractivity contribution in [2.75, 3.05) is 24.4 Å². The van der Waals surface area contributed by atoms with Crippen LogP contribution in [0.25, 0.3) is 0 Å². The van der Waals surface area contributed by atoms with Gasteiger partial charge in [-0.2, -0.15) is 15.0 Å². The standard InChI is InChI=1S/C13H16FN5OS/c1-7(8-4-5-10(20-2)9(14)6-8)16-12-17-11(15)18-13(19-12)21-3/h4-7H,1-3H3,(H3,15,16,17,18,19). The Balaban J connectivity index is 2.19. The zero-order valence-corrected chi connectivity index (χ0v) is 12.7. The van der Waals surface area contributed by atoms with Gasteiger partial charge in [-0.15, -0.1) is 0 Å². The van der Waals surface area contributed by atoms with Crippen LogP contribution in [0.1, 0.15) is 18.5 Å². The van der Waals surface area contributed by atoms with E-state index in [9.17, 15) is 4.39 Å². The molecule has 0 radical (unpaired) electrons. The number of hydrogen-bond donors (Lipinski definition) is 2. The van der Waals surface area contributed by atoms with Gasteiger partial charge in [-0.1, -0.05) is 17.8 Å². The molecule has 2 aromatic rings. The van der Waals surface area contributed by atoms with Crippen LogP contribution >= 0.6 is 11.8 Å². The van der Waals surface area contributed by atoms with Crippen LogP contribution in [0.5, 0.6) is 5.75 Å². The van der Waals surface area contributed by atoms with E-state index in [4.69, 9.17) is 10.5 Å². The summed E-state index contributed by atoms with van der Waals surface area (Å²) >= 11 is 1.37. The minimum atomic E-state index is -0.413. The lowest BCUT2D eigenvalue weighted by Gasteiger charge is -2.15. The molecule has 1 heterocycles. The lowest BCUT2D eigenvalue weighted by atomic mass is 10.1. The van der Waals surface area contributed by atoms with Crippen LogP contribution in [-0.4, -0.2) is 28.3 Å². The van der Waals surface area contributed by atoms with E-state index in [0.29, 0.717) is 11.1 Å². The number of aromatic nitrogens is 3. The van der Waals surface area contributed by atoms with Crippen LogP contribution in [0.15, 0.2) is 23.4 Å². The van der Waals surface area contributed by atoms with Crippen LogP contribution < -0.4 is 15.8 Å². The molecule has 0 saturated heterocycles. The summed E-state index contributed by atoms with van der Waals surface area (Å²) in [7, 11) is 1.43. The molecular formula is C13H16FN5OS. The number of methoxy groups -OCH3 is 1. The molecule has 1 aromatic heterocycles. The maximum atomic E-state index is 13.7. The molecule has 2 rings (SSSR count). The number of rotatable bonds is 5. The van der Waals surface area contributed by atoms with E-state index in [1.807, 2.05) is 13.2 Å². The van der Waals surface area contributed by atoms with Gasteiger partial charge < -0.3 is 15.8 Å². The highest BCUT2D eigenvalue weighted by atomic mass is 32.2. The quantitative estimate of drug-likeness (QED) is 0.821. The molecule has 21 heavy (non-hydrogen) atoms. The molecule has 1 aromatic carbocycles. The summed E-state index contributed by atoms with van der Waals surface area (Å²) in [5, 5.41) is 3.60. The highest BCUT2D eigenvalue weighted by Gasteiger charge is 2.12. The average Bonchev–Trinajstić information content (AvgIpc) is 2.46. The summed E-state index contributed by atoms with van der Waals surface area (Å²) < 4.78 is 18.6. The Morgan fingerprint density at radius 1 is 1.33 bits per heavy atom. The zero-order chi connectivity index (χ0) is 15.4. The van der Waals surface area contributed by atoms with Gasteiger partial charge in [0.15, 0.2) is 16.7 Å². The fraction of sp³-hybridized carbons (Fsp3) is 0.308. The Morgan fingerprint density at radius 3 is 2.71 bits per heavy atom. The SMILES string of the molecule is COc1ccc(C(C)Nc2nc(N)nc(SC)n2)cc1F. The first-order valence-electron chi connectivity index (χ1n) is 6.19. The number of thioether (sulfide) groups is 1. The number of nitrogen functional groups attached to an aromatic ring is 1. The largest absolute Gasteiger partial charge is 0.494 e. The molecule has 0 spiro atoms. The maximum absolute atomic E-state index is 13.7. The molecular weight excluding hydrogens is 293 g/mol. The number of halogens is 1. The lowest BCUT2D eigenvalue weighted by molar-refractivity contribution is 0.386. The summed E-state index contributed by atoms with van der Waals surface area (Å²) in [6.45, 7) is 1.87. The minimum absolute atomic E-state index is 0.143. The van der Waals surface area contributed by atoms with Crippen molar-refractivity contribution in [1.29, 1.82) is 0 Å². The summed E-state index contributed by atoms with van der Waals surface area (Å²) in [6, 6.07) is 4.58. The van der Waals surface area contributed by atoms with Crippen LogP contribution in [0.2, 0.25) is 0 Å². The topological polar surface area (TPSA) is 86.0 Å². The molecule has 0 bridgehead atoms. The number of anilines is 2. The third-order valence-corrected chi connectivity index (χ3v) is 3.38. The smallest absolute Gasteiger partial charge is 0.228 e. The Hall–Kier alpha value is -2.09. The van der Waals surface area contributed by atoms with E-state index >= 15 is 0 Å². The molecule has 8 heteroatoms. The van der Waals surface area contributed by atoms with Crippen LogP contribution in [0, 0.1) is 5.82 Å². The lowest BCUT2D eigenvalue weighted by Crippen LogP contribution is -2.12. The number of ether oxygens (including phenoxy) is 1. The molecule has 0 fully saturated rings. The van der Waals surface area contributed by atoms with Crippen molar-refractivity contribution in [2.45, 2.75) is 18.1 Å². The van der Waals surface area contributed by atoms with Crippen molar-refractivity contribution < 1.29 is 9.13 Å². The van der Waals surface area contributed by atoms with Gasteiger partial charge in [-0.25, -0.2) is 4.39 Å². The number of hydrogen-bond acceptors (Lipinski definition) is 7. The van der Waals surface area contributed by atoms with Gasteiger partial charge in [0.1, 0.15) is 0 Å². The van der Waals surface area contributed by atoms with Crippen LogP contribution in [0.4, 0.5) is 16.3 Å². The second-order valence-corrected chi connectivity index (χ2v) is 5.04. The molecule has 112 valence electrons. The van der Waals surface area contributed by atoms with E-state index in [2.05, 4.69) is 20.3 Å². The van der Waals surface area contributed by atoms with Gasteiger partial charge in [0.05, 0.1) is 13.2 Å². The second-order valence-electron chi connectivity index (χ2n) is 4.26. The third-order valence-electron chi connectivity index (χ3n) is 2.84. The predicted molar refractivity (Wildman–Crippen MR) is 81.0 cm³/mol. The molecule has 0 amide bonds. The average molecular weight is 309 g/mol. The van der Waals surface area contributed by atoms with Gasteiger partial charge >= 0.3 is 0 Å². The zero-order valence-electron chi connectivity index (χ0n) is 11.9. The maximum Gasteiger partial charge on any atom is 0.228 e. The molecule has 0 saturated carbocycles. The number of nitrogens with two attached hydrogens (primary N) is 1. The molecule has 0 aliphatic rings. The summed E-state index contributed by atoms with van der Waals surface area (Å²) in [6.07, 6.45) is 1.85. The molecule has 6 nitrogen and oxygen atoms in total. The van der Waals surface area contributed by atoms with Crippen LogP contribution in [-0.2, 0) is 0 Å². The Kier molecular flexibility index (Phi) is 4.79. The Labute approximate surface area is 126 Å². The minimum Gasteiger partial charge on any atom is -0.494 e. The first-order chi connectivity index (χ1) is 10.0. The molecule has 0 aliphatic carbocycles. The molecule has 0 aliphatic heterocycles. The van der Waals surface area contributed by atoms with Crippen LogP contribution in [0.3, 0.4) is 0 Å². The van der Waals surface area contributed by atoms with E-state index in [0.717, 1.165) is 5.56 Å². The highest BCUT2D eigenvalue weighted by Crippen LogP contribution is 2.24. The number of nitrogens with one attached hydrogen (secondary N) is 1. The molecule has 3 N–H and O–H groups in total. The fourth-order valence-corrected chi connectivity index (χ4v) is 2.12. The number of benzene rings is 1. The number of nitrogens with zero attached hydrogens (tertiary/aromatic N) is 3. The van der Waals surface area contributed by atoms with Gasteiger partial charge in [0.2, 0.25) is 11.9 Å². The fourth-order valence-electron chi connectivity index (χ4n) is 1.76. The Morgan fingerprint density at radius 2 is 2.10 bits per heavy atom. The second kappa shape index (κ2) is 6.57. The van der Waals surface area contributed by atoms with Crippen molar-refractivity contribution in [3.05, 3.63) is 29.6 Å². The summed E-state index contributed by atoms with van der Waals surface area (Å²) in [5.41, 5.74) is 6.37. The van der Waals surface area contributed by atoms with E-state index in [1.54, 1.807) is 12.1 Å². The normalized spacial score (nSPS) is 12.0. The molecule has 1 atom stereocenters. The van der Waals surface area contributed by atoms with Gasteiger partial charge in [0.25, 0.3) is 0 Å².